The lowest BCUT2D eigenvalue weighted by Gasteiger charge is -2.00. The fourth-order valence-corrected chi connectivity index (χ4v) is 1.70. The molecule has 124 valence electrons. The Hall–Kier alpha value is -1.67. The largest absolute Gasteiger partial charge is 0.326 e. The van der Waals surface area contributed by atoms with Crippen LogP contribution in [0.4, 0.5) is 4.39 Å². The Morgan fingerprint density at radius 3 is 1.64 bits per heavy atom. The van der Waals surface area contributed by atoms with Crippen LogP contribution in [0.1, 0.15) is 49.9 Å². The third-order valence-corrected chi connectivity index (χ3v) is 2.70. The van der Waals surface area contributed by atoms with Crippen molar-refractivity contribution in [2.24, 2.45) is 5.73 Å². The molecular formula is C20H32FN. The van der Waals surface area contributed by atoms with Crippen LogP contribution in [0.3, 0.4) is 0 Å². The van der Waals surface area contributed by atoms with Crippen LogP contribution >= 0.6 is 0 Å². The third-order valence-electron chi connectivity index (χ3n) is 2.70. The molecule has 0 heterocycles. The van der Waals surface area contributed by atoms with Gasteiger partial charge in [0.15, 0.2) is 0 Å². The van der Waals surface area contributed by atoms with E-state index < -0.39 is 0 Å². The maximum absolute atomic E-state index is 12.4. The smallest absolute Gasteiger partial charge is 0.123 e. The lowest BCUT2D eigenvalue weighted by atomic mass is 10.1. The van der Waals surface area contributed by atoms with E-state index in [1.54, 1.807) is 6.07 Å². The zero-order chi connectivity index (χ0) is 17.5. The first-order chi connectivity index (χ1) is 10.5. The first-order valence-electron chi connectivity index (χ1n) is 8.01. The molecule has 22 heavy (non-hydrogen) atoms. The molecule has 0 aromatic heterocycles. The quantitative estimate of drug-likeness (QED) is 0.692. The van der Waals surface area contributed by atoms with Crippen LogP contribution in [-0.4, -0.2) is 0 Å². The molecule has 0 amide bonds. The Labute approximate surface area is 136 Å². The first kappa shape index (κ1) is 22.6. The Morgan fingerprint density at radius 1 is 0.818 bits per heavy atom. The van der Waals surface area contributed by atoms with E-state index in [0.29, 0.717) is 6.54 Å². The Balaban J connectivity index is 0. The Morgan fingerprint density at radius 2 is 1.32 bits per heavy atom. The lowest BCUT2D eigenvalue weighted by molar-refractivity contribution is 0.625. The van der Waals surface area contributed by atoms with Crippen molar-refractivity contribution >= 4 is 0 Å². The summed E-state index contributed by atoms with van der Waals surface area (Å²) < 4.78 is 12.4. The summed E-state index contributed by atoms with van der Waals surface area (Å²) in [7, 11) is 0. The van der Waals surface area contributed by atoms with Crippen molar-refractivity contribution in [3.63, 3.8) is 0 Å². The second-order valence-electron chi connectivity index (χ2n) is 4.43. The van der Waals surface area contributed by atoms with E-state index in [0.717, 1.165) is 11.1 Å². The van der Waals surface area contributed by atoms with Gasteiger partial charge >= 0.3 is 0 Å². The summed E-state index contributed by atoms with van der Waals surface area (Å²) in [6.07, 6.45) is 0. The monoisotopic (exact) mass is 305 g/mol. The highest BCUT2D eigenvalue weighted by Crippen LogP contribution is 2.08. The average molecular weight is 305 g/mol. The minimum Gasteiger partial charge on any atom is -0.326 e. The van der Waals surface area contributed by atoms with Gasteiger partial charge in [-0.05, 0) is 44.0 Å². The number of hydrogen-bond acceptors (Lipinski definition) is 1. The summed E-state index contributed by atoms with van der Waals surface area (Å²) in [6, 6.07) is 13.1. The second-order valence-corrected chi connectivity index (χ2v) is 4.43. The molecule has 2 aromatic rings. The molecule has 0 aliphatic heterocycles. The van der Waals surface area contributed by atoms with Crippen molar-refractivity contribution in [1.82, 2.24) is 0 Å². The average Bonchev–Trinajstić information content (AvgIpc) is 2.52. The first-order valence-corrected chi connectivity index (χ1v) is 8.01. The molecule has 0 fully saturated rings. The molecular weight excluding hydrogens is 273 g/mol. The maximum Gasteiger partial charge on any atom is 0.123 e. The summed E-state index contributed by atoms with van der Waals surface area (Å²) in [5, 5.41) is 0. The van der Waals surface area contributed by atoms with Gasteiger partial charge in [-0.2, -0.15) is 0 Å². The number of halogens is 1. The van der Waals surface area contributed by atoms with Crippen molar-refractivity contribution in [2.75, 3.05) is 0 Å². The van der Waals surface area contributed by atoms with E-state index in [-0.39, 0.29) is 5.82 Å². The highest BCUT2D eigenvalue weighted by molar-refractivity contribution is 5.26. The number of benzene rings is 2. The summed E-state index contributed by atoms with van der Waals surface area (Å²) >= 11 is 0. The van der Waals surface area contributed by atoms with Crippen LogP contribution in [0.25, 0.3) is 0 Å². The van der Waals surface area contributed by atoms with Gasteiger partial charge in [0.2, 0.25) is 0 Å². The molecule has 0 aliphatic rings. The molecule has 0 saturated carbocycles. The number of rotatable bonds is 1. The molecule has 2 rings (SSSR count). The molecule has 0 spiro atoms. The van der Waals surface area contributed by atoms with E-state index in [2.05, 4.69) is 38.1 Å². The van der Waals surface area contributed by atoms with E-state index in [9.17, 15) is 4.39 Å². The minimum absolute atomic E-state index is 0.199. The predicted octanol–water partition coefficient (Wildman–Crippen LogP) is 5.95. The molecule has 0 bridgehead atoms. The molecule has 0 aliphatic carbocycles. The van der Waals surface area contributed by atoms with E-state index in [1.807, 2.05) is 34.6 Å². The topological polar surface area (TPSA) is 26.0 Å². The highest BCUT2D eigenvalue weighted by atomic mass is 19.1. The molecule has 2 aromatic carbocycles. The molecule has 1 nitrogen and oxygen atoms in total. The summed E-state index contributed by atoms with van der Waals surface area (Å²) in [5.41, 5.74) is 9.97. The van der Waals surface area contributed by atoms with Crippen molar-refractivity contribution in [1.29, 1.82) is 0 Å². The standard InChI is InChI=1S/C8H10FN.C8H10.2C2H6/c1-6-4-8(9)3-2-7(6)5-10;1-7-4-3-5-8(2)6-7;2*1-2/h2-4H,5,10H2,1H3;3-6H,1-2H3;2*1-2H3. The van der Waals surface area contributed by atoms with Crippen LogP contribution in [-0.2, 0) is 6.54 Å². The van der Waals surface area contributed by atoms with E-state index >= 15 is 0 Å². The van der Waals surface area contributed by atoms with Gasteiger partial charge in [-0.1, -0.05) is 69.2 Å². The molecule has 2 heteroatoms. The Kier molecular flexibility index (Phi) is 14.7. The van der Waals surface area contributed by atoms with Crippen LogP contribution in [0.5, 0.6) is 0 Å². The number of hydrogen-bond donors (Lipinski definition) is 1. The number of nitrogens with two attached hydrogens (primary N) is 1. The van der Waals surface area contributed by atoms with Crippen molar-refractivity contribution < 1.29 is 4.39 Å². The van der Waals surface area contributed by atoms with Crippen LogP contribution in [0, 0.1) is 26.6 Å². The van der Waals surface area contributed by atoms with Crippen molar-refractivity contribution in [3.8, 4) is 0 Å². The van der Waals surface area contributed by atoms with E-state index in [4.69, 9.17) is 5.73 Å². The van der Waals surface area contributed by atoms with Gasteiger partial charge in [-0.25, -0.2) is 4.39 Å². The van der Waals surface area contributed by atoms with Gasteiger partial charge in [-0.3, -0.25) is 0 Å². The zero-order valence-electron chi connectivity index (χ0n) is 15.2. The van der Waals surface area contributed by atoms with Gasteiger partial charge in [0.25, 0.3) is 0 Å². The van der Waals surface area contributed by atoms with E-state index in [1.165, 1.54) is 23.3 Å². The van der Waals surface area contributed by atoms with Crippen LogP contribution < -0.4 is 5.73 Å². The van der Waals surface area contributed by atoms with Gasteiger partial charge in [0, 0.05) is 6.54 Å². The fourth-order valence-electron chi connectivity index (χ4n) is 1.70. The summed E-state index contributed by atoms with van der Waals surface area (Å²) in [6.45, 7) is 14.5. The van der Waals surface area contributed by atoms with Gasteiger partial charge in [-0.15, -0.1) is 0 Å². The molecule has 0 unspecified atom stereocenters. The third kappa shape index (κ3) is 10.1. The van der Waals surface area contributed by atoms with Gasteiger partial charge < -0.3 is 5.73 Å². The predicted molar refractivity (Wildman–Crippen MR) is 97.6 cm³/mol. The SMILES string of the molecule is CC.CC.Cc1cc(F)ccc1CN.Cc1cccc(C)c1. The molecule has 0 saturated heterocycles. The summed E-state index contributed by atoms with van der Waals surface area (Å²) in [5.74, 6) is -0.199. The summed E-state index contributed by atoms with van der Waals surface area (Å²) in [4.78, 5) is 0. The normalized spacial score (nSPS) is 8.41. The van der Waals surface area contributed by atoms with Crippen molar-refractivity contribution in [3.05, 3.63) is 70.5 Å². The molecule has 2 N–H and O–H groups in total. The van der Waals surface area contributed by atoms with Crippen LogP contribution in [0.2, 0.25) is 0 Å². The molecule has 0 radical (unpaired) electrons. The fraction of sp³-hybridized carbons (Fsp3) is 0.400. The van der Waals surface area contributed by atoms with Gasteiger partial charge in [0.05, 0.1) is 0 Å². The Bertz CT molecular complexity index is 490. The minimum atomic E-state index is -0.199. The lowest BCUT2D eigenvalue weighted by Crippen LogP contribution is -1.98. The number of aryl methyl sites for hydroxylation is 3. The van der Waals surface area contributed by atoms with Crippen LogP contribution in [0.15, 0.2) is 42.5 Å². The van der Waals surface area contributed by atoms with Crippen molar-refractivity contribution in [2.45, 2.75) is 55.0 Å². The second kappa shape index (κ2) is 14.3. The molecule has 0 atom stereocenters. The van der Waals surface area contributed by atoms with Gasteiger partial charge in [0.1, 0.15) is 5.82 Å². The highest BCUT2D eigenvalue weighted by Gasteiger charge is 1.95. The maximum atomic E-state index is 12.4. The zero-order valence-corrected chi connectivity index (χ0v) is 15.2.